The summed E-state index contributed by atoms with van der Waals surface area (Å²) in [7, 11) is 3.36. The highest BCUT2D eigenvalue weighted by Gasteiger charge is 2.19. The lowest BCUT2D eigenvalue weighted by Gasteiger charge is -2.17. The van der Waals surface area contributed by atoms with Crippen LogP contribution >= 0.6 is 0 Å². The number of likely N-dealkylation sites (N-methyl/N-ethyl adjacent to an activating group) is 1. The Kier molecular flexibility index (Phi) is 4.25. The molecular formula is C17H18N4O2. The van der Waals surface area contributed by atoms with E-state index in [1.165, 1.54) is 0 Å². The standard InChI is InChI=1S/C17H18N4O2/c1-18-16(11-4-3-5-14(9-11)23-2)17(22)20-13-6-7-15-12(8-13)10-19-21-15/h3-10,16,18H,1-2H3,(H,19,21)(H,20,22). The summed E-state index contributed by atoms with van der Waals surface area (Å²) < 4.78 is 5.22. The maximum Gasteiger partial charge on any atom is 0.246 e. The van der Waals surface area contributed by atoms with Crippen molar-refractivity contribution in [3.63, 3.8) is 0 Å². The SMILES string of the molecule is CNC(C(=O)Nc1ccc2[nH]ncc2c1)c1cccc(OC)c1. The first-order valence-electron chi connectivity index (χ1n) is 7.26. The smallest absolute Gasteiger partial charge is 0.246 e. The minimum atomic E-state index is -0.467. The molecule has 118 valence electrons. The van der Waals surface area contributed by atoms with Gasteiger partial charge in [-0.25, -0.2) is 0 Å². The van der Waals surface area contributed by atoms with Gasteiger partial charge in [-0.3, -0.25) is 9.89 Å². The van der Waals surface area contributed by atoms with Crippen molar-refractivity contribution in [1.82, 2.24) is 15.5 Å². The Morgan fingerprint density at radius 1 is 1.26 bits per heavy atom. The summed E-state index contributed by atoms with van der Waals surface area (Å²) in [5.41, 5.74) is 2.50. The normalized spacial score (nSPS) is 12.1. The third-order valence-corrected chi connectivity index (χ3v) is 3.69. The number of carbonyl (C=O) groups excluding carboxylic acids is 1. The molecule has 0 fully saturated rings. The molecule has 1 heterocycles. The van der Waals surface area contributed by atoms with Gasteiger partial charge in [-0.05, 0) is 42.9 Å². The van der Waals surface area contributed by atoms with Gasteiger partial charge in [0.2, 0.25) is 5.91 Å². The van der Waals surface area contributed by atoms with Crippen LogP contribution in [0.25, 0.3) is 10.9 Å². The lowest BCUT2D eigenvalue weighted by molar-refractivity contribution is -0.118. The van der Waals surface area contributed by atoms with Crippen LogP contribution in [0.15, 0.2) is 48.7 Å². The highest BCUT2D eigenvalue weighted by Crippen LogP contribution is 2.22. The Bertz CT molecular complexity index is 828. The van der Waals surface area contributed by atoms with Crippen LogP contribution in [-0.2, 0) is 4.79 Å². The van der Waals surface area contributed by atoms with Crippen molar-refractivity contribution >= 4 is 22.5 Å². The molecule has 0 radical (unpaired) electrons. The minimum absolute atomic E-state index is 0.136. The average molecular weight is 310 g/mol. The number of carbonyl (C=O) groups is 1. The molecule has 1 aromatic heterocycles. The zero-order valence-corrected chi connectivity index (χ0v) is 13.0. The molecule has 23 heavy (non-hydrogen) atoms. The lowest BCUT2D eigenvalue weighted by atomic mass is 10.1. The third kappa shape index (κ3) is 3.17. The van der Waals surface area contributed by atoms with Gasteiger partial charge in [-0.15, -0.1) is 0 Å². The molecule has 1 atom stereocenters. The Balaban J connectivity index is 1.81. The summed E-state index contributed by atoms with van der Waals surface area (Å²) in [6.45, 7) is 0. The Hall–Kier alpha value is -2.86. The molecule has 0 spiro atoms. The maximum absolute atomic E-state index is 12.6. The highest BCUT2D eigenvalue weighted by atomic mass is 16.5. The number of nitrogens with zero attached hydrogens (tertiary/aromatic N) is 1. The molecule has 2 aromatic carbocycles. The van der Waals surface area contributed by atoms with E-state index in [9.17, 15) is 4.79 Å². The number of anilines is 1. The van der Waals surface area contributed by atoms with Crippen LogP contribution in [0.4, 0.5) is 5.69 Å². The van der Waals surface area contributed by atoms with Crippen molar-refractivity contribution < 1.29 is 9.53 Å². The summed E-state index contributed by atoms with van der Waals surface area (Å²) in [4.78, 5) is 12.6. The number of amides is 1. The molecule has 3 rings (SSSR count). The van der Waals surface area contributed by atoms with Gasteiger partial charge in [0.1, 0.15) is 11.8 Å². The number of ether oxygens (including phenoxy) is 1. The van der Waals surface area contributed by atoms with E-state index in [0.717, 1.165) is 27.9 Å². The third-order valence-electron chi connectivity index (χ3n) is 3.69. The monoisotopic (exact) mass is 310 g/mol. The maximum atomic E-state index is 12.6. The van der Waals surface area contributed by atoms with E-state index < -0.39 is 6.04 Å². The highest BCUT2D eigenvalue weighted by molar-refractivity contribution is 5.97. The fraction of sp³-hybridized carbons (Fsp3) is 0.176. The number of H-pyrrole nitrogens is 1. The van der Waals surface area contributed by atoms with Crippen LogP contribution < -0.4 is 15.4 Å². The lowest BCUT2D eigenvalue weighted by Crippen LogP contribution is -2.30. The van der Waals surface area contributed by atoms with Gasteiger partial charge in [0.05, 0.1) is 18.8 Å². The van der Waals surface area contributed by atoms with Crippen LogP contribution in [-0.4, -0.2) is 30.3 Å². The van der Waals surface area contributed by atoms with Crippen LogP contribution in [0.5, 0.6) is 5.75 Å². The van der Waals surface area contributed by atoms with Gasteiger partial charge in [0.25, 0.3) is 0 Å². The Morgan fingerprint density at radius 3 is 2.91 bits per heavy atom. The molecule has 0 aliphatic rings. The fourth-order valence-corrected chi connectivity index (χ4v) is 2.51. The second-order valence-corrected chi connectivity index (χ2v) is 5.16. The number of aromatic amines is 1. The molecule has 6 nitrogen and oxygen atoms in total. The van der Waals surface area contributed by atoms with Crippen LogP contribution in [0, 0.1) is 0 Å². The topological polar surface area (TPSA) is 79.0 Å². The molecule has 0 bridgehead atoms. The quantitative estimate of drug-likeness (QED) is 0.676. The van der Waals surface area contributed by atoms with E-state index in [1.54, 1.807) is 20.4 Å². The molecule has 0 saturated heterocycles. The van der Waals surface area contributed by atoms with Crippen LogP contribution in [0.1, 0.15) is 11.6 Å². The van der Waals surface area contributed by atoms with E-state index in [2.05, 4.69) is 20.8 Å². The molecule has 3 N–H and O–H groups in total. The summed E-state index contributed by atoms with van der Waals surface area (Å²) in [5, 5.41) is 13.8. The molecule has 0 saturated carbocycles. The number of hydrogen-bond acceptors (Lipinski definition) is 4. The minimum Gasteiger partial charge on any atom is -0.497 e. The van der Waals surface area contributed by atoms with Crippen molar-refractivity contribution in [2.75, 3.05) is 19.5 Å². The van der Waals surface area contributed by atoms with Gasteiger partial charge in [0.15, 0.2) is 0 Å². The first-order chi connectivity index (χ1) is 11.2. The number of fused-ring (bicyclic) bond motifs is 1. The Morgan fingerprint density at radius 2 is 2.13 bits per heavy atom. The zero-order valence-electron chi connectivity index (χ0n) is 13.0. The van der Waals surface area contributed by atoms with Crippen molar-refractivity contribution in [2.45, 2.75) is 6.04 Å². The fourth-order valence-electron chi connectivity index (χ4n) is 2.51. The molecule has 3 aromatic rings. The van der Waals surface area contributed by atoms with Gasteiger partial charge < -0.3 is 15.4 Å². The molecule has 1 amide bonds. The van der Waals surface area contributed by atoms with Gasteiger partial charge in [-0.2, -0.15) is 5.10 Å². The molecule has 6 heteroatoms. The number of benzene rings is 2. The predicted octanol–water partition coefficient (Wildman–Crippen LogP) is 2.47. The average Bonchev–Trinajstić information content (AvgIpc) is 3.03. The summed E-state index contributed by atoms with van der Waals surface area (Å²) in [6, 6.07) is 12.6. The number of methoxy groups -OCH3 is 1. The summed E-state index contributed by atoms with van der Waals surface area (Å²) >= 11 is 0. The van der Waals surface area contributed by atoms with E-state index in [4.69, 9.17) is 4.74 Å². The number of rotatable bonds is 5. The van der Waals surface area contributed by atoms with Gasteiger partial charge in [0, 0.05) is 11.1 Å². The number of hydrogen-bond donors (Lipinski definition) is 3. The first kappa shape index (κ1) is 15.1. The van der Waals surface area contributed by atoms with E-state index in [0.29, 0.717) is 0 Å². The van der Waals surface area contributed by atoms with E-state index >= 15 is 0 Å². The summed E-state index contributed by atoms with van der Waals surface area (Å²) in [6.07, 6.45) is 1.72. The van der Waals surface area contributed by atoms with E-state index in [1.807, 2.05) is 42.5 Å². The molecular weight excluding hydrogens is 292 g/mol. The number of nitrogens with one attached hydrogen (secondary N) is 3. The second-order valence-electron chi connectivity index (χ2n) is 5.16. The summed E-state index contributed by atoms with van der Waals surface area (Å²) in [5.74, 6) is 0.582. The van der Waals surface area contributed by atoms with Crippen molar-refractivity contribution in [3.8, 4) is 5.75 Å². The first-order valence-corrected chi connectivity index (χ1v) is 7.26. The van der Waals surface area contributed by atoms with Crippen molar-refractivity contribution in [3.05, 3.63) is 54.2 Å². The molecule has 1 unspecified atom stereocenters. The number of aromatic nitrogens is 2. The Labute approximate surface area is 133 Å². The van der Waals surface area contributed by atoms with Gasteiger partial charge >= 0.3 is 0 Å². The van der Waals surface area contributed by atoms with Crippen molar-refractivity contribution in [1.29, 1.82) is 0 Å². The predicted molar refractivity (Wildman–Crippen MR) is 89.5 cm³/mol. The largest absolute Gasteiger partial charge is 0.497 e. The molecule has 0 aliphatic heterocycles. The van der Waals surface area contributed by atoms with Crippen LogP contribution in [0.3, 0.4) is 0 Å². The van der Waals surface area contributed by atoms with Crippen LogP contribution in [0.2, 0.25) is 0 Å². The second kappa shape index (κ2) is 6.50. The molecule has 0 aliphatic carbocycles. The van der Waals surface area contributed by atoms with E-state index in [-0.39, 0.29) is 5.91 Å². The van der Waals surface area contributed by atoms with Crippen molar-refractivity contribution in [2.24, 2.45) is 0 Å². The zero-order chi connectivity index (χ0) is 16.2. The van der Waals surface area contributed by atoms with Gasteiger partial charge in [-0.1, -0.05) is 12.1 Å².